The molecule has 0 heterocycles. The quantitative estimate of drug-likeness (QED) is 0.105. The first-order valence-electron chi connectivity index (χ1n) is 12.9. The maximum atomic E-state index is 14.8. The van der Waals surface area contributed by atoms with E-state index < -0.39 is 7.29 Å². The Bertz CT molecular complexity index is 450. The van der Waals surface area contributed by atoms with Crippen molar-refractivity contribution in [2.24, 2.45) is 11.8 Å². The second-order valence-electron chi connectivity index (χ2n) is 8.99. The van der Waals surface area contributed by atoms with Crippen LogP contribution in [0.15, 0.2) is 0 Å². The molecule has 0 fully saturated rings. The lowest BCUT2D eigenvalue weighted by atomic mass is 10.0. The number of hydrogen-bond acceptors (Lipinski definition) is 3. The van der Waals surface area contributed by atoms with Crippen molar-refractivity contribution in [2.75, 3.05) is 24.6 Å². The minimum Gasteiger partial charge on any atom is -0.308 e. The first kappa shape index (κ1) is 30.5. The van der Waals surface area contributed by atoms with Gasteiger partial charge < -0.3 is 9.24 Å². The molecule has 0 aromatic rings. The van der Waals surface area contributed by atoms with E-state index in [4.69, 9.17) is 12.2 Å². The Hall–Kier alpha value is 0.470. The van der Waals surface area contributed by atoms with Gasteiger partial charge in [0.05, 0.1) is 0 Å². The Kier molecular flexibility index (Phi) is 19.3. The maximum absolute atomic E-state index is 14.8. The lowest BCUT2D eigenvalue weighted by Gasteiger charge is -2.37. The summed E-state index contributed by atoms with van der Waals surface area (Å²) >= 11 is 7.70. The van der Waals surface area contributed by atoms with E-state index in [1.807, 2.05) is 0 Å². The predicted molar refractivity (Wildman–Crippen MR) is 146 cm³/mol. The van der Waals surface area contributed by atoms with Gasteiger partial charge in [0.1, 0.15) is 4.32 Å². The van der Waals surface area contributed by atoms with Gasteiger partial charge in [-0.2, -0.15) is 0 Å². The van der Waals surface area contributed by atoms with Gasteiger partial charge in [-0.05, 0) is 37.5 Å². The molecule has 5 heteroatoms. The van der Waals surface area contributed by atoms with Crippen molar-refractivity contribution < 1.29 is 4.57 Å². The van der Waals surface area contributed by atoms with E-state index in [0.29, 0.717) is 11.8 Å². The molecule has 2 atom stereocenters. The SMILES string of the molecule is CCCCSC(=S)N(CCCC)P(=O)(CC(CC)CCCC)CC(CC)CCCC. The third-order valence-electron chi connectivity index (χ3n) is 6.27. The van der Waals surface area contributed by atoms with Crippen molar-refractivity contribution in [3.05, 3.63) is 0 Å². The van der Waals surface area contributed by atoms with Crippen LogP contribution in [0.5, 0.6) is 0 Å². The first-order chi connectivity index (χ1) is 14.4. The van der Waals surface area contributed by atoms with E-state index in [9.17, 15) is 4.57 Å². The Balaban J connectivity index is 5.74. The summed E-state index contributed by atoms with van der Waals surface area (Å²) in [6.45, 7) is 14.4. The minimum absolute atomic E-state index is 0.562. The summed E-state index contributed by atoms with van der Waals surface area (Å²) in [6.07, 6.45) is 15.9. The summed E-state index contributed by atoms with van der Waals surface area (Å²) in [5.74, 6) is 2.18. The molecule has 0 aliphatic heterocycles. The van der Waals surface area contributed by atoms with Crippen molar-refractivity contribution >= 4 is 35.6 Å². The van der Waals surface area contributed by atoms with Crippen molar-refractivity contribution in [3.8, 4) is 0 Å². The molecule has 0 spiro atoms. The molecule has 0 rings (SSSR count). The number of nitrogens with zero attached hydrogens (tertiary/aromatic N) is 1. The minimum atomic E-state index is -2.52. The van der Waals surface area contributed by atoms with Gasteiger partial charge >= 0.3 is 0 Å². The van der Waals surface area contributed by atoms with Crippen LogP contribution in [0.1, 0.15) is 119 Å². The highest BCUT2D eigenvalue weighted by Crippen LogP contribution is 2.55. The average molecular weight is 478 g/mol. The molecule has 0 saturated heterocycles. The molecule has 2 nitrogen and oxygen atoms in total. The van der Waals surface area contributed by atoms with Crippen LogP contribution in [-0.4, -0.2) is 33.6 Å². The molecule has 0 N–H and O–H groups in total. The molecule has 180 valence electrons. The fraction of sp³-hybridized carbons (Fsp3) is 0.960. The molecule has 0 aromatic carbocycles. The van der Waals surface area contributed by atoms with Gasteiger partial charge in [0, 0.05) is 24.6 Å². The van der Waals surface area contributed by atoms with Gasteiger partial charge in [-0.3, -0.25) is 0 Å². The van der Waals surface area contributed by atoms with Gasteiger partial charge in [-0.15, -0.1) is 0 Å². The van der Waals surface area contributed by atoms with Gasteiger partial charge in [0.2, 0.25) is 0 Å². The van der Waals surface area contributed by atoms with Crippen LogP contribution < -0.4 is 0 Å². The van der Waals surface area contributed by atoms with E-state index in [-0.39, 0.29) is 0 Å². The number of thioether (sulfide) groups is 1. The largest absolute Gasteiger partial charge is 0.308 e. The summed E-state index contributed by atoms with van der Waals surface area (Å²) in [5, 5.41) is 0. The molecule has 0 aliphatic rings. The predicted octanol–water partition coefficient (Wildman–Crippen LogP) is 9.62. The third kappa shape index (κ3) is 12.5. The Morgan fingerprint density at radius 1 is 0.800 bits per heavy atom. The van der Waals surface area contributed by atoms with Crippen LogP contribution in [0.3, 0.4) is 0 Å². The van der Waals surface area contributed by atoms with E-state index in [0.717, 1.165) is 54.6 Å². The van der Waals surface area contributed by atoms with Gasteiger partial charge in [0.25, 0.3) is 0 Å². The van der Waals surface area contributed by atoms with E-state index in [1.54, 1.807) is 11.8 Å². The summed E-state index contributed by atoms with van der Waals surface area (Å²) in [4.78, 5) is 0. The van der Waals surface area contributed by atoms with Gasteiger partial charge in [-0.25, -0.2) is 0 Å². The van der Waals surface area contributed by atoms with E-state index in [2.05, 4.69) is 46.2 Å². The monoisotopic (exact) mass is 477 g/mol. The molecular formula is C25H52NOPS2. The van der Waals surface area contributed by atoms with Gasteiger partial charge in [-0.1, -0.05) is 117 Å². The van der Waals surface area contributed by atoms with Gasteiger partial charge in [0.15, 0.2) is 7.29 Å². The fourth-order valence-electron chi connectivity index (χ4n) is 4.02. The van der Waals surface area contributed by atoms with Crippen LogP contribution in [0.2, 0.25) is 0 Å². The normalized spacial score (nSPS) is 15.5. The van der Waals surface area contributed by atoms with E-state index in [1.165, 1.54) is 51.4 Å². The first-order valence-corrected chi connectivity index (χ1v) is 16.4. The fourth-order valence-corrected chi connectivity index (χ4v) is 10.1. The summed E-state index contributed by atoms with van der Waals surface area (Å²) in [6, 6.07) is 0. The standard InChI is InChI=1S/C25H52NOPS2/c1-7-13-17-23(11-5)21-28(27,22-24(12-6)18-14-8-2)26(19-15-9-3)25(29)30-20-16-10-4/h23-24H,7-22H2,1-6H3. The van der Waals surface area contributed by atoms with Crippen LogP contribution in [0.4, 0.5) is 0 Å². The van der Waals surface area contributed by atoms with Crippen molar-refractivity contribution in [1.29, 1.82) is 0 Å². The third-order valence-corrected chi connectivity index (χ3v) is 11.5. The molecule has 0 amide bonds. The molecule has 0 radical (unpaired) electrons. The number of rotatable bonds is 19. The Labute approximate surface area is 199 Å². The zero-order valence-corrected chi connectivity index (χ0v) is 23.6. The molecule has 0 bridgehead atoms. The molecule has 0 saturated carbocycles. The lowest BCUT2D eigenvalue weighted by molar-refractivity contribution is 0.437. The van der Waals surface area contributed by atoms with Crippen LogP contribution in [0.25, 0.3) is 0 Å². The molecule has 30 heavy (non-hydrogen) atoms. The van der Waals surface area contributed by atoms with Crippen LogP contribution in [0, 0.1) is 11.8 Å². The summed E-state index contributed by atoms with van der Waals surface area (Å²) in [7, 11) is -2.52. The maximum Gasteiger partial charge on any atom is 0.174 e. The molecule has 2 unspecified atom stereocenters. The van der Waals surface area contributed by atoms with Crippen molar-refractivity contribution in [3.63, 3.8) is 0 Å². The lowest BCUT2D eigenvalue weighted by Crippen LogP contribution is -2.31. The smallest absolute Gasteiger partial charge is 0.174 e. The Morgan fingerprint density at radius 3 is 1.67 bits per heavy atom. The molecular weight excluding hydrogens is 425 g/mol. The van der Waals surface area contributed by atoms with Crippen LogP contribution in [-0.2, 0) is 4.57 Å². The summed E-state index contributed by atoms with van der Waals surface area (Å²) in [5.41, 5.74) is 0. The highest BCUT2D eigenvalue weighted by Gasteiger charge is 2.36. The van der Waals surface area contributed by atoms with Crippen molar-refractivity contribution in [2.45, 2.75) is 119 Å². The molecule has 0 aromatic heterocycles. The summed E-state index contributed by atoms with van der Waals surface area (Å²) < 4.78 is 18.0. The highest BCUT2D eigenvalue weighted by atomic mass is 32.2. The zero-order valence-electron chi connectivity index (χ0n) is 21.1. The second-order valence-corrected chi connectivity index (χ2v) is 13.6. The molecule has 0 aliphatic carbocycles. The topological polar surface area (TPSA) is 20.3 Å². The second kappa shape index (κ2) is 19.0. The zero-order chi connectivity index (χ0) is 22.8. The van der Waals surface area contributed by atoms with Crippen LogP contribution >= 0.6 is 31.3 Å². The van der Waals surface area contributed by atoms with E-state index >= 15 is 0 Å². The number of unbranched alkanes of at least 4 members (excludes halogenated alkanes) is 4. The number of thiocarbonyl (C=S) groups is 1. The Morgan fingerprint density at radius 2 is 1.27 bits per heavy atom. The highest BCUT2D eigenvalue weighted by molar-refractivity contribution is 8.23. The number of hydrogen-bond donors (Lipinski definition) is 0. The average Bonchev–Trinajstić information content (AvgIpc) is 2.74. The van der Waals surface area contributed by atoms with Crippen molar-refractivity contribution in [1.82, 2.24) is 4.67 Å².